The van der Waals surface area contributed by atoms with Crippen LogP contribution in [0.15, 0.2) is 37.1 Å². The van der Waals surface area contributed by atoms with E-state index in [9.17, 15) is 0 Å². The first-order chi connectivity index (χ1) is 7.27. The van der Waals surface area contributed by atoms with E-state index in [-0.39, 0.29) is 0 Å². The fourth-order valence-corrected chi connectivity index (χ4v) is 1.08. The van der Waals surface area contributed by atoms with Crippen LogP contribution in [-0.2, 0) is 0 Å². The lowest BCUT2D eigenvalue weighted by Gasteiger charge is -1.95. The Bertz CT molecular complexity index is 343. The van der Waals surface area contributed by atoms with E-state index >= 15 is 0 Å². The molecule has 0 saturated heterocycles. The topological polar surface area (TPSA) is 28.7 Å². The Morgan fingerprint density at radius 1 is 1.47 bits per heavy atom. The number of imidazole rings is 1. The summed E-state index contributed by atoms with van der Waals surface area (Å²) in [7, 11) is 0. The minimum Gasteiger partial charge on any atom is -0.342 e. The molecule has 1 heterocycles. The summed E-state index contributed by atoms with van der Waals surface area (Å²) in [6.07, 6.45) is 9.53. The van der Waals surface area contributed by atoms with Crippen LogP contribution in [0.5, 0.6) is 0 Å². The van der Waals surface area contributed by atoms with Gasteiger partial charge in [-0.1, -0.05) is 44.7 Å². The second-order valence-electron chi connectivity index (χ2n) is 2.72. The Kier molecular flexibility index (Phi) is 6.98. The van der Waals surface area contributed by atoms with E-state index in [0.717, 1.165) is 17.1 Å². The smallest absolute Gasteiger partial charge is 0.103 e. The van der Waals surface area contributed by atoms with Crippen LogP contribution >= 0.6 is 0 Å². The largest absolute Gasteiger partial charge is 0.342 e. The van der Waals surface area contributed by atoms with E-state index in [1.54, 1.807) is 6.08 Å². The molecule has 15 heavy (non-hydrogen) atoms. The molecule has 0 saturated carbocycles. The van der Waals surface area contributed by atoms with Crippen LogP contribution < -0.4 is 0 Å². The third kappa shape index (κ3) is 4.45. The summed E-state index contributed by atoms with van der Waals surface area (Å²) >= 11 is 0. The average Bonchev–Trinajstić information content (AvgIpc) is 2.69. The van der Waals surface area contributed by atoms with Crippen LogP contribution in [0.4, 0.5) is 0 Å². The molecular weight excluding hydrogens is 184 g/mol. The first kappa shape index (κ1) is 13.4. The summed E-state index contributed by atoms with van der Waals surface area (Å²) in [5.41, 5.74) is 2.17. The molecule has 0 amide bonds. The quantitative estimate of drug-likeness (QED) is 0.743. The van der Waals surface area contributed by atoms with E-state index < -0.39 is 0 Å². The molecule has 0 fully saturated rings. The van der Waals surface area contributed by atoms with Crippen LogP contribution in [0, 0.1) is 6.92 Å². The zero-order valence-electron chi connectivity index (χ0n) is 10.0. The third-order valence-corrected chi connectivity index (χ3v) is 1.74. The first-order valence-corrected chi connectivity index (χ1v) is 5.25. The SMILES string of the molecule is C=C/C=C\C(=C/C)c1cnc(C)[nH]1.CC. The van der Waals surface area contributed by atoms with Crippen molar-refractivity contribution in [3.63, 3.8) is 0 Å². The van der Waals surface area contributed by atoms with Crippen molar-refractivity contribution in [1.29, 1.82) is 0 Å². The highest BCUT2D eigenvalue weighted by Crippen LogP contribution is 2.12. The second kappa shape index (κ2) is 7.80. The van der Waals surface area contributed by atoms with Gasteiger partial charge in [-0.25, -0.2) is 4.98 Å². The monoisotopic (exact) mass is 204 g/mol. The molecule has 1 N–H and O–H groups in total. The van der Waals surface area contributed by atoms with Gasteiger partial charge in [-0.15, -0.1) is 0 Å². The molecule has 0 aliphatic carbocycles. The molecular formula is C13H20N2. The molecule has 82 valence electrons. The Labute approximate surface area is 92.4 Å². The van der Waals surface area contributed by atoms with Gasteiger partial charge in [0, 0.05) is 0 Å². The normalized spacial score (nSPS) is 11.1. The summed E-state index contributed by atoms with van der Waals surface area (Å²) in [5.74, 6) is 0.932. The Hall–Kier alpha value is -1.57. The zero-order valence-corrected chi connectivity index (χ0v) is 10.0. The van der Waals surface area contributed by atoms with E-state index in [2.05, 4.69) is 16.5 Å². The molecule has 0 aliphatic rings. The maximum atomic E-state index is 4.14. The molecule has 1 aromatic heterocycles. The van der Waals surface area contributed by atoms with Crippen LogP contribution in [0.2, 0.25) is 0 Å². The van der Waals surface area contributed by atoms with Gasteiger partial charge in [-0.2, -0.15) is 0 Å². The summed E-state index contributed by atoms with van der Waals surface area (Å²) in [5, 5.41) is 0. The van der Waals surface area contributed by atoms with E-state index in [4.69, 9.17) is 0 Å². The van der Waals surface area contributed by atoms with E-state index in [0.29, 0.717) is 0 Å². The predicted molar refractivity (Wildman–Crippen MR) is 67.7 cm³/mol. The van der Waals surface area contributed by atoms with Gasteiger partial charge >= 0.3 is 0 Å². The molecule has 0 radical (unpaired) electrons. The number of nitrogens with zero attached hydrogens (tertiary/aromatic N) is 1. The van der Waals surface area contributed by atoms with Gasteiger partial charge in [0.25, 0.3) is 0 Å². The lowest BCUT2D eigenvalue weighted by atomic mass is 10.2. The number of aromatic nitrogens is 2. The number of allylic oxidation sites excluding steroid dienone is 5. The molecule has 0 unspecified atom stereocenters. The van der Waals surface area contributed by atoms with Gasteiger partial charge in [0.1, 0.15) is 5.82 Å². The molecule has 0 aliphatic heterocycles. The Morgan fingerprint density at radius 3 is 2.53 bits per heavy atom. The van der Waals surface area contributed by atoms with Crippen molar-refractivity contribution >= 4 is 5.57 Å². The molecule has 0 atom stereocenters. The fraction of sp³-hybridized carbons (Fsp3) is 0.308. The van der Waals surface area contributed by atoms with Gasteiger partial charge in [0.2, 0.25) is 0 Å². The summed E-state index contributed by atoms with van der Waals surface area (Å²) in [4.78, 5) is 7.31. The fourth-order valence-electron chi connectivity index (χ4n) is 1.08. The van der Waals surface area contributed by atoms with Crippen LogP contribution in [0.1, 0.15) is 32.3 Å². The van der Waals surface area contributed by atoms with Crippen molar-refractivity contribution in [2.24, 2.45) is 0 Å². The standard InChI is InChI=1S/C11H14N2.C2H6/c1-4-6-7-10(5-2)11-8-12-9(3)13-11;1-2/h4-8H,1H2,2-3H3,(H,12,13);1-2H3/b7-6-,10-5+;. The Balaban J connectivity index is 0.000000921. The van der Waals surface area contributed by atoms with Gasteiger partial charge in [0.15, 0.2) is 0 Å². The van der Waals surface area contributed by atoms with Gasteiger partial charge < -0.3 is 4.98 Å². The molecule has 0 aromatic carbocycles. The van der Waals surface area contributed by atoms with Crippen molar-refractivity contribution in [2.75, 3.05) is 0 Å². The van der Waals surface area contributed by atoms with Crippen LogP contribution in [0.3, 0.4) is 0 Å². The highest BCUT2D eigenvalue weighted by Gasteiger charge is 1.98. The number of H-pyrrole nitrogens is 1. The maximum Gasteiger partial charge on any atom is 0.103 e. The second-order valence-corrected chi connectivity index (χ2v) is 2.72. The Morgan fingerprint density at radius 2 is 2.13 bits per heavy atom. The molecule has 0 bridgehead atoms. The van der Waals surface area contributed by atoms with Gasteiger partial charge in [-0.05, 0) is 19.4 Å². The summed E-state index contributed by atoms with van der Waals surface area (Å²) in [6, 6.07) is 0. The molecule has 2 nitrogen and oxygen atoms in total. The summed E-state index contributed by atoms with van der Waals surface area (Å²) < 4.78 is 0. The third-order valence-electron chi connectivity index (χ3n) is 1.74. The van der Waals surface area contributed by atoms with E-state index in [1.165, 1.54) is 0 Å². The number of rotatable bonds is 3. The first-order valence-electron chi connectivity index (χ1n) is 5.25. The van der Waals surface area contributed by atoms with Gasteiger partial charge in [-0.3, -0.25) is 0 Å². The van der Waals surface area contributed by atoms with Crippen molar-refractivity contribution in [1.82, 2.24) is 9.97 Å². The zero-order chi connectivity index (χ0) is 11.7. The highest BCUT2D eigenvalue weighted by molar-refractivity contribution is 5.71. The number of hydrogen-bond donors (Lipinski definition) is 1. The molecule has 0 spiro atoms. The number of hydrogen-bond acceptors (Lipinski definition) is 1. The van der Waals surface area contributed by atoms with Crippen molar-refractivity contribution in [3.05, 3.63) is 48.6 Å². The van der Waals surface area contributed by atoms with Crippen LogP contribution in [-0.4, -0.2) is 9.97 Å². The number of aromatic amines is 1. The molecule has 2 heteroatoms. The molecule has 1 aromatic rings. The van der Waals surface area contributed by atoms with Crippen molar-refractivity contribution in [2.45, 2.75) is 27.7 Å². The maximum absolute atomic E-state index is 4.14. The van der Waals surface area contributed by atoms with Gasteiger partial charge in [0.05, 0.1) is 11.9 Å². The average molecular weight is 204 g/mol. The molecule has 1 rings (SSSR count). The lowest BCUT2D eigenvalue weighted by molar-refractivity contribution is 1.14. The highest BCUT2D eigenvalue weighted by atomic mass is 14.9. The number of aryl methyl sites for hydroxylation is 1. The van der Waals surface area contributed by atoms with Crippen LogP contribution in [0.25, 0.3) is 5.57 Å². The van der Waals surface area contributed by atoms with E-state index in [1.807, 2.05) is 52.1 Å². The predicted octanol–water partition coefficient (Wildman–Crippen LogP) is 3.89. The van der Waals surface area contributed by atoms with Crippen molar-refractivity contribution < 1.29 is 0 Å². The summed E-state index contributed by atoms with van der Waals surface area (Å²) in [6.45, 7) is 11.6. The minimum absolute atomic E-state index is 0.932. The lowest BCUT2D eigenvalue weighted by Crippen LogP contribution is -1.80. The minimum atomic E-state index is 0.932. The number of nitrogens with one attached hydrogen (secondary N) is 1. The van der Waals surface area contributed by atoms with Crippen molar-refractivity contribution in [3.8, 4) is 0 Å².